The van der Waals surface area contributed by atoms with Gasteiger partial charge in [-0.15, -0.1) is 22.7 Å². The highest BCUT2D eigenvalue weighted by molar-refractivity contribution is 7.19. The summed E-state index contributed by atoms with van der Waals surface area (Å²) in [7, 11) is 0. The number of benzene rings is 1. The summed E-state index contributed by atoms with van der Waals surface area (Å²) in [5.74, 6) is 0. The van der Waals surface area contributed by atoms with E-state index in [1.165, 1.54) is 11.7 Å². The van der Waals surface area contributed by atoms with E-state index in [0.29, 0.717) is 0 Å². The Bertz CT molecular complexity index is 1200. The summed E-state index contributed by atoms with van der Waals surface area (Å²) in [4.78, 5) is 0. The molecule has 6 rings (SSSR count). The molecule has 21 heavy (non-hydrogen) atoms. The average molecular weight is 328 g/mol. The Hall–Kier alpha value is -1.96. The molecule has 0 saturated heterocycles. The van der Waals surface area contributed by atoms with Crippen molar-refractivity contribution < 1.29 is 8.83 Å². The fraction of sp³-hybridized carbons (Fsp3) is 0. The lowest BCUT2D eigenvalue weighted by Gasteiger charge is -1.93. The van der Waals surface area contributed by atoms with Crippen LogP contribution in [0.5, 0.6) is 0 Å². The van der Waals surface area contributed by atoms with E-state index in [1.54, 1.807) is 22.7 Å². The van der Waals surface area contributed by atoms with Crippen LogP contribution in [0.1, 0.15) is 0 Å². The third kappa shape index (κ3) is 1.13. The lowest BCUT2D eigenvalue weighted by atomic mass is 10.1. The second-order valence-corrected chi connectivity index (χ2v) is 7.16. The van der Waals surface area contributed by atoms with E-state index in [-0.39, 0.29) is 0 Å². The van der Waals surface area contributed by atoms with Crippen LogP contribution in [0.15, 0.2) is 31.7 Å². The maximum Gasteiger partial charge on any atom is 0.181 e. The molecule has 0 amide bonds. The van der Waals surface area contributed by atoms with E-state index >= 15 is 0 Å². The summed E-state index contributed by atoms with van der Waals surface area (Å²) in [6.07, 6.45) is 0. The van der Waals surface area contributed by atoms with Crippen molar-refractivity contribution in [2.75, 3.05) is 0 Å². The van der Waals surface area contributed by atoms with Crippen LogP contribution >= 0.6 is 34.4 Å². The minimum atomic E-state index is 0.787. The van der Waals surface area contributed by atoms with Gasteiger partial charge in [-0.1, -0.05) is 0 Å². The summed E-state index contributed by atoms with van der Waals surface area (Å²) in [5, 5.41) is 6.11. The highest BCUT2D eigenvalue weighted by Crippen LogP contribution is 2.46. The van der Waals surface area contributed by atoms with Crippen molar-refractivity contribution in [1.82, 2.24) is 8.75 Å². The first-order valence-electron chi connectivity index (χ1n) is 6.25. The first-order valence-corrected chi connectivity index (χ1v) is 8.74. The largest absolute Gasteiger partial charge is 0.451 e. The number of thiophene rings is 2. The second-order valence-electron chi connectivity index (χ2n) is 4.80. The molecule has 0 radical (unpaired) electrons. The van der Waals surface area contributed by atoms with Gasteiger partial charge in [-0.3, -0.25) is 0 Å². The van der Waals surface area contributed by atoms with Crippen LogP contribution in [0.3, 0.4) is 0 Å². The molecule has 100 valence electrons. The van der Waals surface area contributed by atoms with Gasteiger partial charge in [0.05, 0.1) is 31.9 Å². The van der Waals surface area contributed by atoms with E-state index in [4.69, 9.17) is 8.83 Å². The van der Waals surface area contributed by atoms with E-state index in [0.717, 1.165) is 53.5 Å². The number of hydrogen-bond donors (Lipinski definition) is 0. The molecule has 0 spiro atoms. The zero-order valence-corrected chi connectivity index (χ0v) is 12.7. The molecule has 6 aromatic rings. The smallest absolute Gasteiger partial charge is 0.181 e. The van der Waals surface area contributed by atoms with E-state index < -0.39 is 0 Å². The van der Waals surface area contributed by atoms with Crippen molar-refractivity contribution in [1.29, 1.82) is 0 Å². The van der Waals surface area contributed by atoms with E-state index in [1.807, 2.05) is 22.9 Å². The molecule has 0 atom stereocenters. The average Bonchev–Trinajstić information content (AvgIpc) is 3.22. The predicted octanol–water partition coefficient (Wildman–Crippen LogP) is 5.61. The lowest BCUT2D eigenvalue weighted by molar-refractivity contribution is 0.634. The van der Waals surface area contributed by atoms with Gasteiger partial charge in [0, 0.05) is 0 Å². The van der Waals surface area contributed by atoms with Gasteiger partial charge in [0.15, 0.2) is 11.2 Å². The first-order chi connectivity index (χ1) is 10.4. The highest BCUT2D eigenvalue weighted by atomic mass is 32.1. The van der Waals surface area contributed by atoms with Gasteiger partial charge < -0.3 is 8.83 Å². The fourth-order valence-electron chi connectivity index (χ4n) is 2.91. The van der Waals surface area contributed by atoms with Crippen LogP contribution in [0.4, 0.5) is 0 Å². The minimum Gasteiger partial charge on any atom is -0.451 e. The molecule has 0 unspecified atom stereocenters. The van der Waals surface area contributed by atoms with Crippen LogP contribution in [0, 0.1) is 0 Å². The molecule has 0 N–H and O–H groups in total. The van der Waals surface area contributed by atoms with Crippen molar-refractivity contribution in [2.45, 2.75) is 0 Å². The summed E-state index contributed by atoms with van der Waals surface area (Å²) in [6, 6.07) is 3.98. The fourth-order valence-corrected chi connectivity index (χ4v) is 5.20. The molecule has 0 saturated carbocycles. The normalized spacial score (nSPS) is 12.8. The summed E-state index contributed by atoms with van der Waals surface area (Å²) in [5.41, 5.74) is 5.18. The number of rotatable bonds is 0. The molecule has 0 aliphatic heterocycles. The van der Waals surface area contributed by atoms with Gasteiger partial charge in [0.2, 0.25) is 0 Å². The maximum atomic E-state index is 6.04. The predicted molar refractivity (Wildman–Crippen MR) is 87.7 cm³/mol. The molecule has 0 fully saturated rings. The standard InChI is InChI=1S/C14H4N2O2S3/c1-3-19-13-5(1)17-11-7(13)9-10(16-21-15-9)8-12(11)18-6-2-4-20-14(6)8/h1-4H. The Morgan fingerprint density at radius 3 is 1.81 bits per heavy atom. The zero-order valence-electron chi connectivity index (χ0n) is 10.2. The van der Waals surface area contributed by atoms with Crippen molar-refractivity contribution >= 4 is 87.9 Å². The third-order valence-corrected chi connectivity index (χ3v) is 6.11. The topological polar surface area (TPSA) is 52.1 Å². The zero-order chi connectivity index (χ0) is 13.6. The Morgan fingerprint density at radius 2 is 1.29 bits per heavy atom. The third-order valence-electron chi connectivity index (χ3n) is 3.76. The van der Waals surface area contributed by atoms with Gasteiger partial charge in [-0.05, 0) is 22.9 Å². The van der Waals surface area contributed by atoms with Gasteiger partial charge in [-0.25, -0.2) is 0 Å². The Kier molecular flexibility index (Phi) is 1.75. The van der Waals surface area contributed by atoms with Crippen LogP contribution in [-0.2, 0) is 0 Å². The molecular weight excluding hydrogens is 324 g/mol. The molecule has 5 heterocycles. The van der Waals surface area contributed by atoms with Crippen molar-refractivity contribution in [3.8, 4) is 0 Å². The number of fused-ring (bicyclic) bond motifs is 10. The van der Waals surface area contributed by atoms with Gasteiger partial charge >= 0.3 is 0 Å². The van der Waals surface area contributed by atoms with E-state index in [2.05, 4.69) is 8.75 Å². The Morgan fingerprint density at radius 1 is 0.762 bits per heavy atom. The van der Waals surface area contributed by atoms with Gasteiger partial charge in [0.1, 0.15) is 22.2 Å². The SMILES string of the molecule is c1cc2oc3c4oc5ccsc5c4c4nsnc4c3c2s1. The molecule has 0 aliphatic carbocycles. The second kappa shape index (κ2) is 3.44. The van der Waals surface area contributed by atoms with Crippen LogP contribution in [-0.4, -0.2) is 8.75 Å². The Labute approximate surface area is 128 Å². The number of hydrogen-bond acceptors (Lipinski definition) is 7. The number of aromatic nitrogens is 2. The molecular formula is C14H4N2O2S3. The van der Waals surface area contributed by atoms with Gasteiger partial charge in [0.25, 0.3) is 0 Å². The number of nitrogens with zero attached hydrogens (tertiary/aromatic N) is 2. The maximum absolute atomic E-state index is 6.04. The molecule has 0 aliphatic rings. The van der Waals surface area contributed by atoms with Crippen molar-refractivity contribution in [2.24, 2.45) is 0 Å². The highest BCUT2D eigenvalue weighted by Gasteiger charge is 2.23. The first kappa shape index (κ1) is 10.7. The lowest BCUT2D eigenvalue weighted by Crippen LogP contribution is -1.74. The molecule has 1 aromatic carbocycles. The quantitative estimate of drug-likeness (QED) is 0.363. The molecule has 7 heteroatoms. The molecule has 0 bridgehead atoms. The summed E-state index contributed by atoms with van der Waals surface area (Å²) in [6.45, 7) is 0. The number of furan rings is 2. The van der Waals surface area contributed by atoms with E-state index in [9.17, 15) is 0 Å². The minimum absolute atomic E-state index is 0.787. The van der Waals surface area contributed by atoms with Crippen molar-refractivity contribution in [3.63, 3.8) is 0 Å². The van der Waals surface area contributed by atoms with Crippen LogP contribution in [0.2, 0.25) is 0 Å². The summed E-state index contributed by atoms with van der Waals surface area (Å²) >= 11 is 4.56. The molecule has 5 aromatic heterocycles. The van der Waals surface area contributed by atoms with Crippen LogP contribution in [0.25, 0.3) is 53.5 Å². The van der Waals surface area contributed by atoms with Gasteiger partial charge in [-0.2, -0.15) is 8.75 Å². The van der Waals surface area contributed by atoms with Crippen molar-refractivity contribution in [3.05, 3.63) is 22.9 Å². The summed E-state index contributed by atoms with van der Waals surface area (Å²) < 4.78 is 23.3. The van der Waals surface area contributed by atoms with Crippen LogP contribution < -0.4 is 0 Å². The molecule has 4 nitrogen and oxygen atoms in total. The monoisotopic (exact) mass is 328 g/mol. The Balaban J connectivity index is 2.12.